The first kappa shape index (κ1) is 8.93. The van der Waals surface area contributed by atoms with E-state index in [-0.39, 0.29) is 29.6 Å². The molecule has 0 atom stereocenters. The van der Waals surface area contributed by atoms with Crippen LogP contribution >= 0.6 is 0 Å². The van der Waals surface area contributed by atoms with Crippen molar-refractivity contribution in [2.24, 2.45) is 0 Å². The van der Waals surface area contributed by atoms with Crippen LogP contribution in [0.25, 0.3) is 0 Å². The molecule has 0 fully saturated rings. The average molecular weight is 111 g/mol. The Hall–Kier alpha value is 1.12. The Labute approximate surface area is 51.8 Å². The van der Waals surface area contributed by atoms with E-state index in [4.69, 9.17) is 7.67 Å². The summed E-state index contributed by atoms with van der Waals surface area (Å²) < 4.78 is 16.8. The molecule has 0 heterocycles. The molecular formula is HMnNaO2. The summed E-state index contributed by atoms with van der Waals surface area (Å²) in [4.78, 5) is 0. The molecule has 2 nitrogen and oxygen atoms in total. The molecule has 21 valence electrons. The van der Waals surface area contributed by atoms with Crippen molar-refractivity contribution in [1.29, 1.82) is 0 Å². The van der Waals surface area contributed by atoms with Crippen molar-refractivity contribution >= 4 is 29.6 Å². The predicted molar refractivity (Wildman–Crippen MR) is 8.52 cm³/mol. The summed E-state index contributed by atoms with van der Waals surface area (Å²) in [5.74, 6) is 0. The van der Waals surface area contributed by atoms with Crippen LogP contribution in [-0.4, -0.2) is 29.6 Å². The molecule has 0 aromatic carbocycles. The van der Waals surface area contributed by atoms with Crippen LogP contribution in [0.1, 0.15) is 0 Å². The predicted octanol–water partition coefficient (Wildman–Crippen LogP) is -0.889. The van der Waals surface area contributed by atoms with E-state index in [9.17, 15) is 0 Å². The fourth-order valence-corrected chi connectivity index (χ4v) is 0. The summed E-state index contributed by atoms with van der Waals surface area (Å²) in [7, 11) is 0. The van der Waals surface area contributed by atoms with E-state index in [0.29, 0.717) is 0 Å². The zero-order valence-electron chi connectivity index (χ0n) is 1.19. The van der Waals surface area contributed by atoms with E-state index in [1.165, 1.54) is 0 Å². The third kappa shape index (κ3) is 11.2. The van der Waals surface area contributed by atoms with Gasteiger partial charge in [-0.2, -0.15) is 0 Å². The van der Waals surface area contributed by atoms with Crippen LogP contribution in [0.15, 0.2) is 0 Å². The van der Waals surface area contributed by atoms with Crippen LogP contribution < -0.4 is 0 Å². The summed E-state index contributed by atoms with van der Waals surface area (Å²) in [6, 6.07) is 0. The van der Waals surface area contributed by atoms with Gasteiger partial charge in [-0.25, -0.2) is 0 Å². The molecule has 0 aromatic rings. The molecule has 0 saturated carbocycles. The monoisotopic (exact) mass is 111 g/mol. The first-order valence-electron chi connectivity index (χ1n) is 0.309. The van der Waals surface area contributed by atoms with E-state index >= 15 is 0 Å². The number of hydrogen-bond acceptors (Lipinski definition) is 2. The van der Waals surface area contributed by atoms with Gasteiger partial charge in [0.15, 0.2) is 0 Å². The van der Waals surface area contributed by atoms with Crippen molar-refractivity contribution in [2.75, 3.05) is 0 Å². The second-order valence-electron chi connectivity index (χ2n) is 0.0630. The van der Waals surface area contributed by atoms with Crippen molar-refractivity contribution < 1.29 is 22.5 Å². The standard InChI is InChI=1S/Mn.Na.2O.H. The molecule has 0 aliphatic rings. The summed E-state index contributed by atoms with van der Waals surface area (Å²) in [5, 5.41) is 0. The first-order valence-corrected chi connectivity index (χ1v) is 1.27. The minimum atomic E-state index is -1.44. The van der Waals surface area contributed by atoms with Crippen molar-refractivity contribution in [3.05, 3.63) is 0 Å². The van der Waals surface area contributed by atoms with Crippen molar-refractivity contribution in [2.45, 2.75) is 0 Å². The van der Waals surface area contributed by atoms with Gasteiger partial charge >= 0.3 is 52.0 Å². The Bertz CT molecular complexity index is 27.0. The molecule has 0 unspecified atom stereocenters. The van der Waals surface area contributed by atoms with Crippen molar-refractivity contribution in [1.82, 2.24) is 0 Å². The molecule has 0 aliphatic carbocycles. The van der Waals surface area contributed by atoms with Gasteiger partial charge in [0.05, 0.1) is 0 Å². The van der Waals surface area contributed by atoms with Gasteiger partial charge in [-0.05, 0) is 0 Å². The Balaban J connectivity index is 0. The maximum atomic E-state index is 8.41. The van der Waals surface area contributed by atoms with Crippen LogP contribution in [0, 0.1) is 0 Å². The Kier molecular flexibility index (Phi) is 19.9. The topological polar surface area (TPSA) is 34.1 Å². The molecule has 0 rings (SSSR count). The summed E-state index contributed by atoms with van der Waals surface area (Å²) >= 11 is -1.44. The molecular weight excluding hydrogens is 110 g/mol. The third-order valence-electron chi connectivity index (χ3n) is 0. The van der Waals surface area contributed by atoms with Crippen molar-refractivity contribution in [3.8, 4) is 0 Å². The molecule has 4 heteroatoms. The normalized spacial score (nSPS) is 3.00. The molecule has 0 aromatic heterocycles. The van der Waals surface area contributed by atoms with Gasteiger partial charge < -0.3 is 0 Å². The Morgan fingerprint density at radius 2 is 1.25 bits per heavy atom. The second-order valence-corrected chi connectivity index (χ2v) is 0.260. The third-order valence-corrected chi connectivity index (χ3v) is 0. The summed E-state index contributed by atoms with van der Waals surface area (Å²) in [5.41, 5.74) is 0. The molecule has 0 aliphatic heterocycles. The molecule has 0 radical (unpaired) electrons. The van der Waals surface area contributed by atoms with Crippen LogP contribution in [0.2, 0.25) is 0 Å². The Morgan fingerprint density at radius 3 is 1.25 bits per heavy atom. The van der Waals surface area contributed by atoms with Gasteiger partial charge in [0, 0.05) is 0 Å². The Morgan fingerprint density at radius 1 is 1.25 bits per heavy atom. The molecule has 0 saturated heterocycles. The fraction of sp³-hybridized carbons (Fsp3) is 0. The maximum absolute atomic E-state index is 8.41. The zero-order valence-corrected chi connectivity index (χ0v) is 2.37. The minimum absolute atomic E-state index is 0. The van der Waals surface area contributed by atoms with Crippen LogP contribution in [0.4, 0.5) is 0 Å². The molecule has 4 heavy (non-hydrogen) atoms. The summed E-state index contributed by atoms with van der Waals surface area (Å²) in [6.07, 6.45) is 0. The second kappa shape index (κ2) is 8.92. The number of rotatable bonds is 0. The van der Waals surface area contributed by atoms with Gasteiger partial charge in [0.2, 0.25) is 0 Å². The molecule has 0 N–H and O–H groups in total. The van der Waals surface area contributed by atoms with Crippen LogP contribution in [-0.2, 0) is 22.5 Å². The van der Waals surface area contributed by atoms with Gasteiger partial charge in [0.25, 0.3) is 0 Å². The van der Waals surface area contributed by atoms with E-state index in [1.54, 1.807) is 0 Å². The SMILES string of the molecule is [NaH].[O]=[Mn]=[O]. The van der Waals surface area contributed by atoms with E-state index in [0.717, 1.165) is 0 Å². The molecule has 0 amide bonds. The van der Waals surface area contributed by atoms with E-state index < -0.39 is 14.8 Å². The van der Waals surface area contributed by atoms with Gasteiger partial charge in [0.1, 0.15) is 0 Å². The summed E-state index contributed by atoms with van der Waals surface area (Å²) in [6.45, 7) is 0. The molecule has 0 spiro atoms. The average Bonchev–Trinajstić information content (AvgIpc) is 0.918. The quantitative estimate of drug-likeness (QED) is 0.380. The van der Waals surface area contributed by atoms with E-state index in [2.05, 4.69) is 0 Å². The van der Waals surface area contributed by atoms with Crippen LogP contribution in [0.3, 0.4) is 0 Å². The fourth-order valence-electron chi connectivity index (χ4n) is 0. The zero-order chi connectivity index (χ0) is 2.71. The van der Waals surface area contributed by atoms with Gasteiger partial charge in [-0.1, -0.05) is 0 Å². The first-order chi connectivity index (χ1) is 1.41. The number of hydrogen-bond donors (Lipinski definition) is 0. The molecule has 0 bridgehead atoms. The van der Waals surface area contributed by atoms with Gasteiger partial charge in [-0.15, -0.1) is 0 Å². The van der Waals surface area contributed by atoms with Crippen molar-refractivity contribution in [3.63, 3.8) is 0 Å². The van der Waals surface area contributed by atoms with Crippen LogP contribution in [0.5, 0.6) is 0 Å². The van der Waals surface area contributed by atoms with Gasteiger partial charge in [-0.3, -0.25) is 0 Å². The van der Waals surface area contributed by atoms with E-state index in [1.807, 2.05) is 0 Å².